The molecule has 1 heterocycles. The Kier molecular flexibility index (Phi) is 43.6. The molecule has 1 fully saturated rings. The molecule has 1 saturated heterocycles. The smallest absolute Gasteiger partial charge is 0.305 e. The number of ether oxygens (including phenoxy) is 1. The Morgan fingerprint density at radius 1 is 0.413 bits per heavy atom. The molecule has 0 radical (unpaired) electrons. The molecule has 1 aliphatic rings. The second-order valence-electron chi connectivity index (χ2n) is 20.1. The molecule has 1 rings (SSSR count). The van der Waals surface area contributed by atoms with Crippen LogP contribution in [0.15, 0.2) is 0 Å². The number of hydrogen-bond donors (Lipinski definition) is 0. The van der Waals surface area contributed by atoms with Gasteiger partial charge in [0.2, 0.25) is 5.91 Å². The standard InChI is InChI=1S/C56H112N4O3/c1-6-11-16-20-24-28-32-42-57(46-37-38-56(62)63-52-36-15-10-5)47-39-54-40-48-60(49-41-54)55(61)53-59(45-35-31-27-23-19-14-9-4)51-50-58(43-33-29-25-21-17-12-7-2)44-34-30-26-22-18-13-8-3/h54H,6-53H2,1-5H3. The Bertz CT molecular complexity index is 954. The number of hydrogen-bond acceptors (Lipinski definition) is 6. The molecule has 0 N–H and O–H groups in total. The minimum absolute atomic E-state index is 0.0238. The normalized spacial score (nSPS) is 13.6. The second kappa shape index (κ2) is 46.0. The summed E-state index contributed by atoms with van der Waals surface area (Å²) in [6.07, 6.45) is 45.8. The van der Waals surface area contributed by atoms with Crippen molar-refractivity contribution >= 4 is 11.9 Å². The number of esters is 1. The van der Waals surface area contributed by atoms with Gasteiger partial charge < -0.3 is 19.4 Å². The maximum Gasteiger partial charge on any atom is 0.305 e. The highest BCUT2D eigenvalue weighted by atomic mass is 16.5. The number of likely N-dealkylation sites (tertiary alicyclic amines) is 1. The number of rotatable bonds is 48. The zero-order chi connectivity index (χ0) is 45.7. The third-order valence-electron chi connectivity index (χ3n) is 14.1. The fraction of sp³-hybridized carbons (Fsp3) is 0.964. The van der Waals surface area contributed by atoms with Crippen molar-refractivity contribution in [2.75, 3.05) is 78.6 Å². The number of carbonyl (C=O) groups is 2. The molecule has 0 aromatic heterocycles. The van der Waals surface area contributed by atoms with Crippen molar-refractivity contribution in [2.45, 2.75) is 266 Å². The largest absolute Gasteiger partial charge is 0.466 e. The van der Waals surface area contributed by atoms with Gasteiger partial charge in [0.1, 0.15) is 0 Å². The van der Waals surface area contributed by atoms with Crippen molar-refractivity contribution in [3.8, 4) is 0 Å². The van der Waals surface area contributed by atoms with Crippen LogP contribution in [0.5, 0.6) is 0 Å². The van der Waals surface area contributed by atoms with Crippen LogP contribution >= 0.6 is 0 Å². The van der Waals surface area contributed by atoms with Gasteiger partial charge in [-0.25, -0.2) is 0 Å². The van der Waals surface area contributed by atoms with Gasteiger partial charge in [-0.1, -0.05) is 202 Å². The van der Waals surface area contributed by atoms with Crippen LogP contribution in [0, 0.1) is 5.92 Å². The molecule has 0 aromatic carbocycles. The van der Waals surface area contributed by atoms with Gasteiger partial charge in [-0.2, -0.15) is 0 Å². The Morgan fingerprint density at radius 2 is 0.762 bits per heavy atom. The first-order chi connectivity index (χ1) is 31.0. The summed E-state index contributed by atoms with van der Waals surface area (Å²) in [7, 11) is 0. The van der Waals surface area contributed by atoms with Gasteiger partial charge >= 0.3 is 5.97 Å². The summed E-state index contributed by atoms with van der Waals surface area (Å²) in [5.74, 6) is 1.03. The predicted octanol–water partition coefficient (Wildman–Crippen LogP) is 15.0. The van der Waals surface area contributed by atoms with Crippen LogP contribution in [0.2, 0.25) is 0 Å². The molecule has 7 nitrogen and oxygen atoms in total. The van der Waals surface area contributed by atoms with Gasteiger partial charge in [0.25, 0.3) is 0 Å². The SMILES string of the molecule is CCCCCCCCCN(CCCC(=O)OCCCCC)CCC1CCN(C(=O)CN(CCCCCCCCC)CCN(CCCCCCCCC)CCCCCCCCC)CC1. The number of unbranched alkanes of at least 4 members (excludes halogenated alkanes) is 26. The maximum atomic E-state index is 14.0. The van der Waals surface area contributed by atoms with Gasteiger partial charge in [0, 0.05) is 32.6 Å². The molecule has 1 aliphatic heterocycles. The van der Waals surface area contributed by atoms with E-state index >= 15 is 0 Å². The summed E-state index contributed by atoms with van der Waals surface area (Å²) >= 11 is 0. The summed E-state index contributed by atoms with van der Waals surface area (Å²) in [6, 6.07) is 0. The van der Waals surface area contributed by atoms with Gasteiger partial charge in [0.15, 0.2) is 0 Å². The average Bonchev–Trinajstić information content (AvgIpc) is 3.29. The van der Waals surface area contributed by atoms with E-state index in [0.29, 0.717) is 31.4 Å². The Balaban J connectivity index is 2.74. The molecular weight excluding hydrogens is 777 g/mol. The van der Waals surface area contributed by atoms with E-state index in [1.165, 1.54) is 199 Å². The van der Waals surface area contributed by atoms with Gasteiger partial charge in [-0.3, -0.25) is 14.5 Å². The van der Waals surface area contributed by atoms with Gasteiger partial charge in [-0.15, -0.1) is 0 Å². The van der Waals surface area contributed by atoms with Gasteiger partial charge in [-0.05, 0) is 103 Å². The van der Waals surface area contributed by atoms with Gasteiger partial charge in [0.05, 0.1) is 13.2 Å². The van der Waals surface area contributed by atoms with Crippen LogP contribution in [-0.4, -0.2) is 110 Å². The topological polar surface area (TPSA) is 56.3 Å². The predicted molar refractivity (Wildman–Crippen MR) is 275 cm³/mol. The highest BCUT2D eigenvalue weighted by Gasteiger charge is 2.25. The van der Waals surface area contributed by atoms with Crippen molar-refractivity contribution in [1.29, 1.82) is 0 Å². The van der Waals surface area contributed by atoms with Crippen molar-refractivity contribution in [2.24, 2.45) is 5.92 Å². The third kappa shape index (κ3) is 37.6. The van der Waals surface area contributed by atoms with E-state index in [2.05, 4.69) is 54.2 Å². The van der Waals surface area contributed by atoms with Crippen LogP contribution < -0.4 is 0 Å². The number of amides is 1. The molecule has 0 saturated carbocycles. The van der Waals surface area contributed by atoms with Crippen LogP contribution in [0.1, 0.15) is 266 Å². The van der Waals surface area contributed by atoms with Crippen LogP contribution in [-0.2, 0) is 14.3 Å². The minimum Gasteiger partial charge on any atom is -0.466 e. The zero-order valence-electron chi connectivity index (χ0n) is 43.5. The maximum absolute atomic E-state index is 14.0. The van der Waals surface area contributed by atoms with Crippen molar-refractivity contribution in [3.05, 3.63) is 0 Å². The van der Waals surface area contributed by atoms with Crippen molar-refractivity contribution in [3.63, 3.8) is 0 Å². The lowest BCUT2D eigenvalue weighted by molar-refractivity contribution is -0.144. The zero-order valence-corrected chi connectivity index (χ0v) is 43.5. The summed E-state index contributed by atoms with van der Waals surface area (Å²) in [5, 5.41) is 0. The molecule has 0 bridgehead atoms. The summed E-state index contributed by atoms with van der Waals surface area (Å²) in [5.41, 5.74) is 0. The second-order valence-corrected chi connectivity index (χ2v) is 20.1. The Labute approximate surface area is 394 Å². The van der Waals surface area contributed by atoms with E-state index in [1.807, 2.05) is 0 Å². The first-order valence-corrected chi connectivity index (χ1v) is 28.6. The molecule has 0 atom stereocenters. The van der Waals surface area contributed by atoms with Crippen molar-refractivity contribution in [1.82, 2.24) is 19.6 Å². The summed E-state index contributed by atoms with van der Waals surface area (Å²) in [4.78, 5) is 36.6. The quantitative estimate of drug-likeness (QED) is 0.0448. The van der Waals surface area contributed by atoms with E-state index in [0.717, 1.165) is 90.9 Å². The minimum atomic E-state index is -0.0238. The van der Waals surface area contributed by atoms with E-state index < -0.39 is 0 Å². The molecular formula is C56H112N4O3. The molecule has 7 heteroatoms. The molecule has 0 spiro atoms. The monoisotopic (exact) mass is 889 g/mol. The first-order valence-electron chi connectivity index (χ1n) is 28.6. The van der Waals surface area contributed by atoms with E-state index in [9.17, 15) is 9.59 Å². The third-order valence-corrected chi connectivity index (χ3v) is 14.1. The lowest BCUT2D eigenvalue weighted by atomic mass is 9.93. The summed E-state index contributed by atoms with van der Waals surface area (Å²) in [6.45, 7) is 23.3. The number of nitrogens with zero attached hydrogens (tertiary/aromatic N) is 4. The molecule has 1 amide bonds. The lowest BCUT2D eigenvalue weighted by Crippen LogP contribution is -2.46. The van der Waals surface area contributed by atoms with E-state index in [1.54, 1.807) is 0 Å². The Morgan fingerprint density at radius 3 is 1.21 bits per heavy atom. The van der Waals surface area contributed by atoms with Crippen LogP contribution in [0.4, 0.5) is 0 Å². The fourth-order valence-electron chi connectivity index (χ4n) is 9.58. The molecule has 0 aromatic rings. The van der Waals surface area contributed by atoms with Crippen LogP contribution in [0.3, 0.4) is 0 Å². The molecule has 374 valence electrons. The molecule has 63 heavy (non-hydrogen) atoms. The first kappa shape index (κ1) is 59.8. The van der Waals surface area contributed by atoms with Crippen LogP contribution in [0.25, 0.3) is 0 Å². The van der Waals surface area contributed by atoms with E-state index in [4.69, 9.17) is 4.74 Å². The number of carbonyl (C=O) groups excluding carboxylic acids is 2. The molecule has 0 aliphatic carbocycles. The molecule has 0 unspecified atom stereocenters. The highest BCUT2D eigenvalue weighted by molar-refractivity contribution is 5.78. The van der Waals surface area contributed by atoms with E-state index in [-0.39, 0.29) is 5.97 Å². The fourth-order valence-corrected chi connectivity index (χ4v) is 9.58. The highest BCUT2D eigenvalue weighted by Crippen LogP contribution is 2.22. The summed E-state index contributed by atoms with van der Waals surface area (Å²) < 4.78 is 5.51. The Hall–Kier alpha value is -1.18. The number of piperidine rings is 1. The lowest BCUT2D eigenvalue weighted by Gasteiger charge is -2.35. The van der Waals surface area contributed by atoms with Crippen molar-refractivity contribution < 1.29 is 14.3 Å². The average molecular weight is 890 g/mol.